The largest absolute Gasteiger partial charge is 0.497 e. The minimum absolute atomic E-state index is 0.0223. The predicted octanol–water partition coefficient (Wildman–Crippen LogP) is 3.39. The molecule has 0 unspecified atom stereocenters. The molecule has 0 aliphatic heterocycles. The molecule has 0 aliphatic carbocycles. The van der Waals surface area contributed by atoms with Gasteiger partial charge in [-0.3, -0.25) is 9.59 Å². The van der Waals surface area contributed by atoms with E-state index in [1.54, 1.807) is 19.1 Å². The van der Waals surface area contributed by atoms with Gasteiger partial charge in [0.2, 0.25) is 11.8 Å². The summed E-state index contributed by atoms with van der Waals surface area (Å²) < 4.78 is 6.04. The lowest BCUT2D eigenvalue weighted by Gasteiger charge is -2.17. The SMILES string of the molecule is COc1ccc2cc(CN(C)C(=O)CSc3nc(C)c(CC(N)=O)s3)ccc2c1. The van der Waals surface area contributed by atoms with E-state index in [0.717, 1.165) is 37.0 Å². The molecule has 0 spiro atoms. The summed E-state index contributed by atoms with van der Waals surface area (Å²) in [7, 11) is 3.45. The fourth-order valence-electron chi connectivity index (χ4n) is 2.88. The molecule has 0 aliphatic rings. The van der Waals surface area contributed by atoms with Crippen molar-refractivity contribution in [3.05, 3.63) is 52.5 Å². The van der Waals surface area contributed by atoms with E-state index < -0.39 is 0 Å². The maximum absolute atomic E-state index is 12.5. The fraction of sp³-hybridized carbons (Fsp3) is 0.286. The summed E-state index contributed by atoms with van der Waals surface area (Å²) in [5.41, 5.74) is 7.12. The highest BCUT2D eigenvalue weighted by Gasteiger charge is 2.14. The van der Waals surface area contributed by atoms with Crippen molar-refractivity contribution in [3.63, 3.8) is 0 Å². The first-order chi connectivity index (χ1) is 13.9. The van der Waals surface area contributed by atoms with Gasteiger partial charge in [0, 0.05) is 18.5 Å². The third-order valence-corrected chi connectivity index (χ3v) is 6.77. The van der Waals surface area contributed by atoms with Gasteiger partial charge in [-0.25, -0.2) is 4.98 Å². The Morgan fingerprint density at radius 2 is 1.93 bits per heavy atom. The Balaban J connectivity index is 1.59. The molecule has 2 N–H and O–H groups in total. The summed E-state index contributed by atoms with van der Waals surface area (Å²) in [5.74, 6) is 0.766. The normalized spacial score (nSPS) is 10.9. The molecule has 0 saturated heterocycles. The number of primary amides is 1. The zero-order valence-electron chi connectivity index (χ0n) is 16.6. The topological polar surface area (TPSA) is 85.5 Å². The van der Waals surface area contributed by atoms with E-state index >= 15 is 0 Å². The van der Waals surface area contributed by atoms with Crippen LogP contribution >= 0.6 is 23.1 Å². The van der Waals surface area contributed by atoms with Crippen LogP contribution in [0.25, 0.3) is 10.8 Å². The Morgan fingerprint density at radius 3 is 2.66 bits per heavy atom. The van der Waals surface area contributed by atoms with E-state index in [1.165, 1.54) is 23.1 Å². The second kappa shape index (κ2) is 9.28. The van der Waals surface area contributed by atoms with Gasteiger partial charge in [-0.15, -0.1) is 11.3 Å². The molecule has 0 fully saturated rings. The molecule has 152 valence electrons. The molecule has 2 aromatic carbocycles. The van der Waals surface area contributed by atoms with Crippen LogP contribution < -0.4 is 10.5 Å². The van der Waals surface area contributed by atoms with Crippen LogP contribution in [0.15, 0.2) is 40.7 Å². The Morgan fingerprint density at radius 1 is 1.21 bits per heavy atom. The van der Waals surface area contributed by atoms with E-state index in [4.69, 9.17) is 10.5 Å². The van der Waals surface area contributed by atoms with Crippen molar-refractivity contribution in [2.45, 2.75) is 24.2 Å². The molecule has 2 amide bonds. The Labute approximate surface area is 178 Å². The van der Waals surface area contributed by atoms with Crippen LogP contribution in [0.4, 0.5) is 0 Å². The maximum Gasteiger partial charge on any atom is 0.233 e. The van der Waals surface area contributed by atoms with Crippen molar-refractivity contribution < 1.29 is 14.3 Å². The van der Waals surface area contributed by atoms with E-state index in [-0.39, 0.29) is 18.2 Å². The minimum Gasteiger partial charge on any atom is -0.497 e. The van der Waals surface area contributed by atoms with Crippen molar-refractivity contribution in [1.82, 2.24) is 9.88 Å². The molecule has 0 saturated carbocycles. The number of ether oxygens (including phenoxy) is 1. The van der Waals surface area contributed by atoms with E-state index in [9.17, 15) is 9.59 Å². The lowest BCUT2D eigenvalue weighted by Crippen LogP contribution is -2.27. The zero-order valence-corrected chi connectivity index (χ0v) is 18.2. The number of thiazole rings is 1. The Kier molecular flexibility index (Phi) is 6.76. The summed E-state index contributed by atoms with van der Waals surface area (Å²) in [6.07, 6.45) is 0.186. The third kappa shape index (κ3) is 5.48. The monoisotopic (exact) mass is 429 g/mol. The number of thioether (sulfide) groups is 1. The quantitative estimate of drug-likeness (QED) is 0.555. The summed E-state index contributed by atoms with van der Waals surface area (Å²) >= 11 is 2.81. The van der Waals surface area contributed by atoms with Crippen LogP contribution in [0, 0.1) is 6.92 Å². The smallest absolute Gasteiger partial charge is 0.233 e. The molecule has 29 heavy (non-hydrogen) atoms. The molecule has 0 radical (unpaired) electrons. The van der Waals surface area contributed by atoms with Crippen LogP contribution in [-0.4, -0.2) is 41.6 Å². The fourth-order valence-corrected chi connectivity index (χ4v) is 5.06. The van der Waals surface area contributed by atoms with Crippen LogP contribution in [0.2, 0.25) is 0 Å². The van der Waals surface area contributed by atoms with E-state index in [2.05, 4.69) is 11.1 Å². The van der Waals surface area contributed by atoms with Gasteiger partial charge < -0.3 is 15.4 Å². The molecular weight excluding hydrogens is 406 g/mol. The first kappa shape index (κ1) is 21.1. The van der Waals surface area contributed by atoms with Gasteiger partial charge >= 0.3 is 0 Å². The molecule has 1 aromatic heterocycles. The standard InChI is InChI=1S/C21H23N3O3S2/c1-13-18(10-19(22)25)29-21(23-13)28-12-20(26)24(2)11-14-4-5-16-9-17(27-3)7-6-15(16)8-14/h4-9H,10-12H2,1-3H3,(H2,22,25). The summed E-state index contributed by atoms with van der Waals surface area (Å²) in [4.78, 5) is 30.6. The number of methoxy groups -OCH3 is 1. The minimum atomic E-state index is -0.377. The number of amides is 2. The molecule has 0 bridgehead atoms. The molecule has 3 aromatic rings. The first-order valence-corrected chi connectivity index (χ1v) is 10.8. The zero-order chi connectivity index (χ0) is 21.0. The summed E-state index contributed by atoms with van der Waals surface area (Å²) in [5, 5.41) is 2.21. The van der Waals surface area contributed by atoms with Crippen molar-refractivity contribution in [2.75, 3.05) is 19.9 Å². The number of aryl methyl sites for hydroxylation is 1. The van der Waals surface area contributed by atoms with E-state index in [1.807, 2.05) is 37.3 Å². The van der Waals surface area contributed by atoms with E-state index in [0.29, 0.717) is 12.3 Å². The number of fused-ring (bicyclic) bond motifs is 1. The highest BCUT2D eigenvalue weighted by molar-refractivity contribution is 8.01. The third-order valence-electron chi connectivity index (χ3n) is 4.48. The number of carbonyl (C=O) groups excluding carboxylic acids is 2. The second-order valence-electron chi connectivity index (χ2n) is 6.72. The number of hydrogen-bond acceptors (Lipinski definition) is 6. The lowest BCUT2D eigenvalue weighted by atomic mass is 10.1. The van der Waals surface area contributed by atoms with Crippen LogP contribution in [0.3, 0.4) is 0 Å². The van der Waals surface area contributed by atoms with Gasteiger partial charge in [0.25, 0.3) is 0 Å². The number of nitrogens with zero attached hydrogens (tertiary/aromatic N) is 2. The predicted molar refractivity (Wildman–Crippen MR) is 117 cm³/mol. The van der Waals surface area contributed by atoms with Crippen LogP contribution in [-0.2, 0) is 22.6 Å². The molecule has 8 heteroatoms. The average molecular weight is 430 g/mol. The molecule has 6 nitrogen and oxygen atoms in total. The number of benzene rings is 2. The number of rotatable bonds is 8. The number of hydrogen-bond donors (Lipinski definition) is 1. The van der Waals surface area contributed by atoms with Gasteiger partial charge in [-0.2, -0.15) is 0 Å². The van der Waals surface area contributed by atoms with Crippen molar-refractivity contribution in [3.8, 4) is 5.75 Å². The van der Waals surface area contributed by atoms with Crippen molar-refractivity contribution in [1.29, 1.82) is 0 Å². The molecular formula is C21H23N3O3S2. The lowest BCUT2D eigenvalue weighted by molar-refractivity contribution is -0.127. The van der Waals surface area contributed by atoms with Crippen LogP contribution in [0.5, 0.6) is 5.75 Å². The highest BCUT2D eigenvalue weighted by Crippen LogP contribution is 2.28. The number of aromatic nitrogens is 1. The van der Waals surface area contributed by atoms with Gasteiger partial charge in [0.15, 0.2) is 4.34 Å². The Hall–Kier alpha value is -2.58. The summed E-state index contributed by atoms with van der Waals surface area (Å²) in [6, 6.07) is 12.1. The average Bonchev–Trinajstić information content (AvgIpc) is 3.04. The van der Waals surface area contributed by atoms with Gasteiger partial charge in [0.1, 0.15) is 5.75 Å². The van der Waals surface area contributed by atoms with Gasteiger partial charge in [-0.1, -0.05) is 30.0 Å². The van der Waals surface area contributed by atoms with Crippen LogP contribution in [0.1, 0.15) is 16.1 Å². The maximum atomic E-state index is 12.5. The summed E-state index contributed by atoms with van der Waals surface area (Å²) in [6.45, 7) is 2.38. The first-order valence-electron chi connectivity index (χ1n) is 9.03. The van der Waals surface area contributed by atoms with Crippen molar-refractivity contribution >= 4 is 45.7 Å². The van der Waals surface area contributed by atoms with Gasteiger partial charge in [0.05, 0.1) is 25.0 Å². The number of nitrogens with two attached hydrogens (primary N) is 1. The number of carbonyl (C=O) groups is 2. The highest BCUT2D eigenvalue weighted by atomic mass is 32.2. The van der Waals surface area contributed by atoms with Crippen molar-refractivity contribution in [2.24, 2.45) is 5.73 Å². The Bertz CT molecular complexity index is 1050. The molecule has 1 heterocycles. The van der Waals surface area contributed by atoms with Gasteiger partial charge in [-0.05, 0) is 41.5 Å². The molecule has 3 rings (SSSR count). The molecule has 0 atom stereocenters. The second-order valence-corrected chi connectivity index (χ2v) is 9.02.